The predicted molar refractivity (Wildman–Crippen MR) is 108 cm³/mol. The van der Waals surface area contributed by atoms with E-state index in [1.54, 1.807) is 12.4 Å². The quantitative estimate of drug-likeness (QED) is 0.329. The number of amides is 1. The first kappa shape index (κ1) is 22.0. The van der Waals surface area contributed by atoms with Crippen molar-refractivity contribution in [2.45, 2.75) is 25.9 Å². The summed E-state index contributed by atoms with van der Waals surface area (Å²) in [4.78, 5) is 30.9. The van der Waals surface area contributed by atoms with Crippen LogP contribution in [0.4, 0.5) is 5.82 Å². The van der Waals surface area contributed by atoms with Crippen molar-refractivity contribution in [3.05, 3.63) is 60.1 Å². The second-order valence-corrected chi connectivity index (χ2v) is 6.51. The van der Waals surface area contributed by atoms with E-state index in [0.717, 1.165) is 38.8 Å². The van der Waals surface area contributed by atoms with Gasteiger partial charge in [0.15, 0.2) is 0 Å². The van der Waals surface area contributed by atoms with E-state index in [1.807, 2.05) is 6.07 Å². The first-order chi connectivity index (χ1) is 14.0. The van der Waals surface area contributed by atoms with Gasteiger partial charge in [0.1, 0.15) is 5.82 Å². The van der Waals surface area contributed by atoms with Crippen molar-refractivity contribution in [3.63, 3.8) is 0 Å². The summed E-state index contributed by atoms with van der Waals surface area (Å²) in [7, 11) is 0. The van der Waals surface area contributed by atoms with Crippen LogP contribution in [0.1, 0.15) is 24.6 Å². The summed E-state index contributed by atoms with van der Waals surface area (Å²) in [5, 5.41) is 19.2. The van der Waals surface area contributed by atoms with E-state index in [4.69, 9.17) is 15.1 Å². The van der Waals surface area contributed by atoms with Crippen LogP contribution in [0.5, 0.6) is 0 Å². The van der Waals surface area contributed by atoms with E-state index in [1.165, 1.54) is 23.2 Å². The Morgan fingerprint density at radius 1 is 1.24 bits per heavy atom. The first-order valence-electron chi connectivity index (χ1n) is 9.13. The average Bonchev–Trinajstić information content (AvgIpc) is 3.14. The maximum absolute atomic E-state index is 10.9. The Morgan fingerprint density at radius 3 is 2.59 bits per heavy atom. The van der Waals surface area contributed by atoms with Gasteiger partial charge in [0, 0.05) is 38.7 Å². The Kier molecular flexibility index (Phi) is 8.74. The summed E-state index contributed by atoms with van der Waals surface area (Å²) >= 11 is 0. The molecule has 3 rings (SSSR count). The van der Waals surface area contributed by atoms with Crippen molar-refractivity contribution in [1.82, 2.24) is 20.3 Å². The number of nitrogens with zero attached hydrogens (tertiary/aromatic N) is 3. The Labute approximate surface area is 169 Å². The summed E-state index contributed by atoms with van der Waals surface area (Å²) in [5.41, 5.74) is 3.40. The average molecular weight is 399 g/mol. The maximum Gasteiger partial charge on any atom is 0.300 e. The monoisotopic (exact) mass is 399 g/mol. The number of anilines is 1. The molecule has 1 fully saturated rings. The largest absolute Gasteiger partial charge is 0.481 e. The number of nitrogens with one attached hydrogen (secondary N) is 2. The van der Waals surface area contributed by atoms with Crippen molar-refractivity contribution in [1.29, 1.82) is 0 Å². The molecule has 1 aromatic heterocycles. The second kappa shape index (κ2) is 11.5. The zero-order valence-corrected chi connectivity index (χ0v) is 16.2. The van der Waals surface area contributed by atoms with E-state index in [2.05, 4.69) is 44.5 Å². The predicted octanol–water partition coefficient (Wildman–Crippen LogP) is 1.77. The van der Waals surface area contributed by atoms with Crippen molar-refractivity contribution >= 4 is 23.8 Å². The van der Waals surface area contributed by atoms with Gasteiger partial charge in [-0.25, -0.2) is 10.5 Å². The summed E-state index contributed by atoms with van der Waals surface area (Å²) in [6.07, 6.45) is 6.97. The minimum atomic E-state index is -0.833. The number of carbonyl (C=O) groups excluding carboxylic acids is 1. The number of benzene rings is 1. The number of aromatic nitrogens is 2. The molecule has 2 aromatic rings. The highest BCUT2D eigenvalue weighted by Gasteiger charge is 2.22. The van der Waals surface area contributed by atoms with Gasteiger partial charge in [-0.1, -0.05) is 30.3 Å². The molecule has 0 radical (unpaired) electrons. The van der Waals surface area contributed by atoms with Crippen LogP contribution in [0.25, 0.3) is 6.08 Å². The maximum atomic E-state index is 10.9. The van der Waals surface area contributed by atoms with Gasteiger partial charge in [-0.2, -0.15) is 0 Å². The summed E-state index contributed by atoms with van der Waals surface area (Å²) < 4.78 is 0. The third-order valence-electron chi connectivity index (χ3n) is 4.06. The minimum absolute atomic E-state index is 0.347. The molecule has 1 aromatic carbocycles. The number of carboxylic acid groups (broad SMARTS) is 1. The summed E-state index contributed by atoms with van der Waals surface area (Å²) in [6, 6.07) is 10.8. The number of hydrogen-bond acceptors (Lipinski definition) is 7. The third kappa shape index (κ3) is 8.50. The van der Waals surface area contributed by atoms with E-state index < -0.39 is 11.9 Å². The molecular formula is C20H25N5O4. The molecule has 9 nitrogen and oxygen atoms in total. The highest BCUT2D eigenvalue weighted by molar-refractivity contribution is 5.90. The van der Waals surface area contributed by atoms with Gasteiger partial charge in [0.05, 0.1) is 18.1 Å². The fraction of sp³-hybridized carbons (Fsp3) is 0.300. The van der Waals surface area contributed by atoms with E-state index in [-0.39, 0.29) is 0 Å². The second-order valence-electron chi connectivity index (χ2n) is 6.51. The van der Waals surface area contributed by atoms with Crippen molar-refractivity contribution in [3.8, 4) is 0 Å². The molecule has 0 spiro atoms. The van der Waals surface area contributed by atoms with Crippen molar-refractivity contribution in [2.75, 3.05) is 18.4 Å². The lowest BCUT2D eigenvalue weighted by molar-refractivity contribution is -0.134. The summed E-state index contributed by atoms with van der Waals surface area (Å²) in [6.45, 7) is 4.06. The minimum Gasteiger partial charge on any atom is -0.481 e. The van der Waals surface area contributed by atoms with Gasteiger partial charge in [0.2, 0.25) is 0 Å². The fourth-order valence-corrected chi connectivity index (χ4v) is 2.84. The Bertz CT molecular complexity index is 807. The van der Waals surface area contributed by atoms with Crippen LogP contribution in [0.2, 0.25) is 0 Å². The smallest absolute Gasteiger partial charge is 0.300 e. The molecule has 0 saturated carbocycles. The van der Waals surface area contributed by atoms with Gasteiger partial charge in [-0.15, -0.1) is 0 Å². The first-order valence-corrected chi connectivity index (χ1v) is 9.13. The molecule has 1 amide bonds. The van der Waals surface area contributed by atoms with Gasteiger partial charge in [-0.05, 0) is 18.1 Å². The Balaban J connectivity index is 0.000000687. The van der Waals surface area contributed by atoms with Crippen molar-refractivity contribution < 1.29 is 19.9 Å². The van der Waals surface area contributed by atoms with Crippen LogP contribution < -0.4 is 10.8 Å². The van der Waals surface area contributed by atoms with Gasteiger partial charge in [0.25, 0.3) is 11.9 Å². The van der Waals surface area contributed by atoms with Crippen LogP contribution in [0.15, 0.2) is 48.8 Å². The molecule has 29 heavy (non-hydrogen) atoms. The molecule has 0 bridgehead atoms. The van der Waals surface area contributed by atoms with Gasteiger partial charge < -0.3 is 10.4 Å². The lowest BCUT2D eigenvalue weighted by atomic mass is 10.2. The molecule has 1 saturated heterocycles. The fourth-order valence-electron chi connectivity index (χ4n) is 2.84. The normalized spacial score (nSPS) is 16.1. The number of carboxylic acids is 1. The number of carbonyl (C=O) groups is 2. The van der Waals surface area contributed by atoms with Crippen LogP contribution in [0, 0.1) is 0 Å². The SMILES string of the molecule is CC(=O)O.O=C(/C=C/c1cnc(N[C@@H]2CCN(Cc3ccccc3)C2)cn1)NO. The van der Waals surface area contributed by atoms with E-state index >= 15 is 0 Å². The topological polar surface area (TPSA) is 128 Å². The number of likely N-dealkylation sites (tertiary alicyclic amines) is 1. The van der Waals surface area contributed by atoms with Gasteiger partial charge >= 0.3 is 0 Å². The number of hydrogen-bond donors (Lipinski definition) is 4. The molecule has 9 heteroatoms. The number of aliphatic carboxylic acids is 1. The lowest BCUT2D eigenvalue weighted by Crippen LogP contribution is -2.26. The highest BCUT2D eigenvalue weighted by atomic mass is 16.5. The van der Waals surface area contributed by atoms with Crippen LogP contribution in [-0.2, 0) is 16.1 Å². The molecule has 0 unspecified atom stereocenters. The molecule has 4 N–H and O–H groups in total. The van der Waals surface area contributed by atoms with Crippen LogP contribution in [0.3, 0.4) is 0 Å². The number of rotatable bonds is 6. The van der Waals surface area contributed by atoms with E-state index in [9.17, 15) is 4.79 Å². The molecule has 1 aliphatic rings. The Morgan fingerprint density at radius 2 is 1.97 bits per heavy atom. The lowest BCUT2D eigenvalue weighted by Gasteiger charge is -2.17. The molecule has 1 aliphatic heterocycles. The highest BCUT2D eigenvalue weighted by Crippen LogP contribution is 2.16. The zero-order chi connectivity index (χ0) is 21.1. The molecule has 154 valence electrons. The molecule has 0 aliphatic carbocycles. The molecular weight excluding hydrogens is 374 g/mol. The van der Waals surface area contributed by atoms with Gasteiger partial charge in [-0.3, -0.25) is 24.7 Å². The van der Waals surface area contributed by atoms with Crippen LogP contribution >= 0.6 is 0 Å². The van der Waals surface area contributed by atoms with E-state index in [0.29, 0.717) is 11.7 Å². The third-order valence-corrected chi connectivity index (χ3v) is 4.06. The van der Waals surface area contributed by atoms with Crippen molar-refractivity contribution in [2.24, 2.45) is 0 Å². The Hall–Kier alpha value is -3.30. The summed E-state index contributed by atoms with van der Waals surface area (Å²) in [5.74, 6) is -0.719. The molecule has 2 heterocycles. The van der Waals surface area contributed by atoms with Crippen LogP contribution in [-0.4, -0.2) is 56.2 Å². The zero-order valence-electron chi connectivity index (χ0n) is 16.2. The standard InChI is InChI=1S/C18H21N5O2.C2H4O2/c24-18(22-25)7-6-15-10-20-17(11-19-15)21-16-8-9-23(13-16)12-14-4-2-1-3-5-14;1-2(3)4/h1-7,10-11,16,25H,8-9,12-13H2,(H,20,21)(H,22,24);1H3,(H,3,4)/b7-6+;/t16-;/m1./s1. The number of hydroxylamine groups is 1. The molecule has 1 atom stereocenters.